The molecule has 0 spiro atoms. The summed E-state index contributed by atoms with van der Waals surface area (Å²) in [5.41, 5.74) is 0.202. The van der Waals surface area contributed by atoms with E-state index in [1.807, 2.05) is 24.0 Å². The largest absolute Gasteiger partial charge is 0.490 e. The number of carbonyl (C=O) groups is 1. The lowest BCUT2D eigenvalue weighted by atomic mass is 9.85. The molecule has 0 saturated carbocycles. The maximum absolute atomic E-state index is 13.4. The molecule has 39 heavy (non-hydrogen) atoms. The first-order valence-corrected chi connectivity index (χ1v) is 13.9. The van der Waals surface area contributed by atoms with E-state index < -0.39 is 11.7 Å². The zero-order valence-electron chi connectivity index (χ0n) is 21.8. The van der Waals surface area contributed by atoms with Gasteiger partial charge >= 0.3 is 6.18 Å². The summed E-state index contributed by atoms with van der Waals surface area (Å²) in [6, 6.07) is 10.1. The number of benzene rings is 2. The lowest BCUT2D eigenvalue weighted by molar-refractivity contribution is -0.137. The van der Waals surface area contributed by atoms with E-state index >= 15 is 0 Å². The molecule has 2 saturated heterocycles. The number of piperazine rings is 1. The Morgan fingerprint density at radius 3 is 2.31 bits per heavy atom. The Morgan fingerprint density at radius 2 is 1.69 bits per heavy atom. The van der Waals surface area contributed by atoms with Crippen LogP contribution in [0.2, 0.25) is 10.0 Å². The average molecular weight is 588 g/mol. The zero-order valence-corrected chi connectivity index (χ0v) is 23.4. The Kier molecular flexibility index (Phi) is 10.0. The number of hydrogen-bond acceptors (Lipinski definition) is 5. The minimum atomic E-state index is -4.42. The SMILES string of the molecule is C[C@@H](Oc1ccc(C(F)(F)F)cc1)[C@@H]1CN(C(=O)CN2CCN(CCCO)CC2)C[C@H]1c1ccc(Cl)c(Cl)c1. The van der Waals surface area contributed by atoms with Gasteiger partial charge < -0.3 is 19.6 Å². The van der Waals surface area contributed by atoms with Crippen molar-refractivity contribution in [3.63, 3.8) is 0 Å². The maximum Gasteiger partial charge on any atom is 0.416 e. The second kappa shape index (κ2) is 13.1. The highest BCUT2D eigenvalue weighted by Gasteiger charge is 2.40. The lowest BCUT2D eigenvalue weighted by Gasteiger charge is -2.35. The number of hydrogen-bond donors (Lipinski definition) is 1. The van der Waals surface area contributed by atoms with E-state index in [9.17, 15) is 18.0 Å². The molecule has 0 aromatic heterocycles. The smallest absolute Gasteiger partial charge is 0.416 e. The van der Waals surface area contributed by atoms with E-state index in [2.05, 4.69) is 9.80 Å². The van der Waals surface area contributed by atoms with Crippen LogP contribution in [-0.2, 0) is 11.0 Å². The van der Waals surface area contributed by atoms with E-state index in [0.717, 1.165) is 56.8 Å². The van der Waals surface area contributed by atoms with Crippen molar-refractivity contribution < 1.29 is 27.8 Å². The fourth-order valence-corrected chi connectivity index (χ4v) is 5.69. The van der Waals surface area contributed by atoms with E-state index in [1.165, 1.54) is 12.1 Å². The van der Waals surface area contributed by atoms with Gasteiger partial charge in [0.05, 0.1) is 22.2 Å². The zero-order chi connectivity index (χ0) is 28.2. The van der Waals surface area contributed by atoms with Gasteiger partial charge in [0.2, 0.25) is 5.91 Å². The highest BCUT2D eigenvalue weighted by atomic mass is 35.5. The molecule has 0 radical (unpaired) electrons. The number of likely N-dealkylation sites (tertiary alicyclic amines) is 1. The number of alkyl halides is 3. The number of aliphatic hydroxyl groups excluding tert-OH is 1. The van der Waals surface area contributed by atoms with Gasteiger partial charge in [-0.3, -0.25) is 9.69 Å². The first-order valence-electron chi connectivity index (χ1n) is 13.2. The standard InChI is InChI=1S/C28H34Cl2F3N3O3/c1-19(39-22-6-4-21(5-7-22)28(31,32)33)23-16-36(17-24(23)20-3-8-25(29)26(30)15-20)27(38)18-35-12-10-34(11-13-35)9-2-14-37/h3-8,15,19,23-24,37H,2,9-14,16-18H2,1H3/t19-,23+,24+/m1/s1. The van der Waals surface area contributed by atoms with E-state index in [1.54, 1.807) is 6.07 Å². The van der Waals surface area contributed by atoms with Crippen molar-refractivity contribution in [1.29, 1.82) is 0 Å². The minimum Gasteiger partial charge on any atom is -0.490 e. The summed E-state index contributed by atoms with van der Waals surface area (Å²) in [7, 11) is 0. The number of nitrogens with zero attached hydrogens (tertiary/aromatic N) is 3. The van der Waals surface area contributed by atoms with Crippen LogP contribution in [0, 0.1) is 5.92 Å². The summed E-state index contributed by atoms with van der Waals surface area (Å²) >= 11 is 12.5. The van der Waals surface area contributed by atoms with E-state index in [-0.39, 0.29) is 30.5 Å². The molecular weight excluding hydrogens is 554 g/mol. The predicted molar refractivity (Wildman–Crippen MR) is 145 cm³/mol. The van der Waals surface area contributed by atoms with Crippen molar-refractivity contribution >= 4 is 29.1 Å². The lowest BCUT2D eigenvalue weighted by Crippen LogP contribution is -2.50. The molecule has 0 aliphatic carbocycles. The molecule has 2 aromatic carbocycles. The van der Waals surface area contributed by atoms with Crippen LogP contribution >= 0.6 is 23.2 Å². The molecule has 214 valence electrons. The number of amides is 1. The van der Waals surface area contributed by atoms with Crippen molar-refractivity contribution in [2.75, 3.05) is 59.0 Å². The number of halogens is 5. The Morgan fingerprint density at radius 1 is 1.03 bits per heavy atom. The molecule has 1 N–H and O–H groups in total. The quantitative estimate of drug-likeness (QED) is 0.446. The molecule has 0 unspecified atom stereocenters. The van der Waals surface area contributed by atoms with Crippen LogP contribution in [0.5, 0.6) is 5.75 Å². The van der Waals surface area contributed by atoms with Crippen molar-refractivity contribution in [2.24, 2.45) is 5.92 Å². The van der Waals surface area contributed by atoms with Crippen LogP contribution in [0.1, 0.15) is 30.4 Å². The number of carbonyl (C=O) groups excluding carboxylic acids is 1. The van der Waals surface area contributed by atoms with Crippen LogP contribution in [-0.4, -0.2) is 90.8 Å². The highest BCUT2D eigenvalue weighted by Crippen LogP contribution is 2.39. The second-order valence-electron chi connectivity index (χ2n) is 10.3. The average Bonchev–Trinajstić information content (AvgIpc) is 3.36. The fraction of sp³-hybridized carbons (Fsp3) is 0.536. The van der Waals surface area contributed by atoms with Crippen LogP contribution in [0.4, 0.5) is 13.2 Å². The summed E-state index contributed by atoms with van der Waals surface area (Å²) in [6.45, 7) is 7.48. The number of aliphatic hydroxyl groups is 1. The number of rotatable bonds is 9. The van der Waals surface area contributed by atoms with Gasteiger partial charge in [-0.15, -0.1) is 0 Å². The van der Waals surface area contributed by atoms with Crippen LogP contribution in [0.15, 0.2) is 42.5 Å². The molecular formula is C28H34Cl2F3N3O3. The Labute approximate surface area is 237 Å². The van der Waals surface area contributed by atoms with Gasteiger partial charge in [-0.05, 0) is 55.3 Å². The van der Waals surface area contributed by atoms with Crippen LogP contribution < -0.4 is 4.74 Å². The molecule has 0 bridgehead atoms. The summed E-state index contributed by atoms with van der Waals surface area (Å²) in [4.78, 5) is 19.7. The maximum atomic E-state index is 13.4. The Bertz CT molecular complexity index is 1110. The summed E-state index contributed by atoms with van der Waals surface area (Å²) in [5, 5.41) is 9.92. The third-order valence-electron chi connectivity index (χ3n) is 7.65. The molecule has 3 atom stereocenters. The van der Waals surface area contributed by atoms with Crippen LogP contribution in [0.25, 0.3) is 0 Å². The van der Waals surface area contributed by atoms with Gasteiger partial charge in [0, 0.05) is 64.3 Å². The molecule has 11 heteroatoms. The van der Waals surface area contributed by atoms with Gasteiger partial charge in [0.25, 0.3) is 0 Å². The third kappa shape index (κ3) is 7.79. The Hall–Kier alpha value is -2.04. The van der Waals surface area contributed by atoms with Gasteiger partial charge in [-0.25, -0.2) is 0 Å². The van der Waals surface area contributed by atoms with E-state index in [4.69, 9.17) is 33.0 Å². The Balaban J connectivity index is 1.44. The molecule has 2 aliphatic heterocycles. The van der Waals surface area contributed by atoms with Gasteiger partial charge in [0.1, 0.15) is 11.9 Å². The van der Waals surface area contributed by atoms with E-state index in [0.29, 0.717) is 35.4 Å². The van der Waals surface area contributed by atoms with Crippen molar-refractivity contribution in [3.8, 4) is 5.75 Å². The van der Waals surface area contributed by atoms with Crippen molar-refractivity contribution in [2.45, 2.75) is 31.5 Å². The highest BCUT2D eigenvalue weighted by molar-refractivity contribution is 6.42. The minimum absolute atomic E-state index is 0.0353. The molecule has 2 aliphatic rings. The third-order valence-corrected chi connectivity index (χ3v) is 8.39. The molecule has 4 rings (SSSR count). The molecule has 2 fully saturated rings. The van der Waals surface area contributed by atoms with Gasteiger partial charge in [-0.2, -0.15) is 13.2 Å². The van der Waals surface area contributed by atoms with Crippen molar-refractivity contribution in [3.05, 3.63) is 63.6 Å². The molecule has 2 heterocycles. The summed E-state index contributed by atoms with van der Waals surface area (Å²) in [6.07, 6.45) is -4.05. The number of ether oxygens (including phenoxy) is 1. The predicted octanol–water partition coefficient (Wildman–Crippen LogP) is 5.02. The molecule has 6 nitrogen and oxygen atoms in total. The first kappa shape index (κ1) is 29.9. The first-order chi connectivity index (χ1) is 18.5. The summed E-state index contributed by atoms with van der Waals surface area (Å²) in [5.74, 6) is 0.188. The monoisotopic (exact) mass is 587 g/mol. The topological polar surface area (TPSA) is 56.2 Å². The summed E-state index contributed by atoms with van der Waals surface area (Å²) < 4.78 is 45.0. The van der Waals surface area contributed by atoms with Crippen molar-refractivity contribution in [1.82, 2.24) is 14.7 Å². The fourth-order valence-electron chi connectivity index (χ4n) is 5.39. The van der Waals surface area contributed by atoms with Gasteiger partial charge in [0.15, 0.2) is 0 Å². The second-order valence-corrected chi connectivity index (χ2v) is 11.1. The molecule has 1 amide bonds. The normalized spacial score (nSPS) is 21.8. The van der Waals surface area contributed by atoms with Crippen LogP contribution in [0.3, 0.4) is 0 Å². The molecule has 2 aromatic rings. The van der Waals surface area contributed by atoms with Gasteiger partial charge in [-0.1, -0.05) is 29.3 Å².